The lowest BCUT2D eigenvalue weighted by Gasteiger charge is -2.23. The van der Waals surface area contributed by atoms with Gasteiger partial charge >= 0.3 is 6.09 Å². The van der Waals surface area contributed by atoms with Gasteiger partial charge in [-0.15, -0.1) is 23.2 Å². The quantitative estimate of drug-likeness (QED) is 0.0560. The minimum absolute atomic E-state index is 0.245. The summed E-state index contributed by atoms with van der Waals surface area (Å²) in [5, 5.41) is 27.1. The molecule has 254 valence electrons. The third-order valence-electron chi connectivity index (χ3n) is 8.36. The van der Waals surface area contributed by atoms with Gasteiger partial charge in [0, 0.05) is 61.1 Å². The first-order valence-corrected chi connectivity index (χ1v) is 17.7. The van der Waals surface area contributed by atoms with E-state index in [4.69, 9.17) is 27.9 Å². The molecule has 0 aliphatic heterocycles. The van der Waals surface area contributed by atoms with Crippen molar-refractivity contribution < 1.29 is 19.7 Å². The van der Waals surface area contributed by atoms with Crippen molar-refractivity contribution in [3.63, 3.8) is 0 Å². The number of carbonyl (C=O) groups excluding carboxylic acids is 1. The molecule has 1 heterocycles. The topological polar surface area (TPSA) is 99.0 Å². The number of aryl methyl sites for hydroxylation is 3. The molecule has 0 saturated heterocycles. The second-order valence-electron chi connectivity index (χ2n) is 11.7. The highest BCUT2D eigenvalue weighted by molar-refractivity contribution is 6.18. The van der Waals surface area contributed by atoms with Crippen molar-refractivity contribution in [2.24, 2.45) is 0 Å². The van der Waals surface area contributed by atoms with Crippen LogP contribution in [0.3, 0.4) is 0 Å². The summed E-state index contributed by atoms with van der Waals surface area (Å²) in [6.07, 6.45) is 5.61. The van der Waals surface area contributed by atoms with Crippen LogP contribution in [0.4, 0.5) is 10.5 Å². The summed E-state index contributed by atoms with van der Waals surface area (Å²) in [7, 11) is 0. The maximum atomic E-state index is 12.0. The zero-order chi connectivity index (χ0) is 33.4. The summed E-state index contributed by atoms with van der Waals surface area (Å²) in [6.45, 7) is 6.90. The molecule has 0 unspecified atom stereocenters. The third kappa shape index (κ3) is 11.0. The van der Waals surface area contributed by atoms with Gasteiger partial charge in [0.15, 0.2) is 0 Å². The predicted molar refractivity (Wildman–Crippen MR) is 195 cm³/mol. The maximum Gasteiger partial charge on any atom is 0.407 e. The summed E-state index contributed by atoms with van der Waals surface area (Å²) in [5.74, 6) is 1.63. The number of alkyl carbamates (subject to hydrolysis) is 1. The molecular weight excluding hydrogens is 635 g/mol. The molecule has 0 radical (unpaired) electrons. The van der Waals surface area contributed by atoms with Gasteiger partial charge in [0.25, 0.3) is 0 Å². The van der Waals surface area contributed by atoms with E-state index in [1.165, 1.54) is 5.56 Å². The van der Waals surface area contributed by atoms with Gasteiger partial charge < -0.3 is 35.1 Å². The fourth-order valence-electron chi connectivity index (χ4n) is 5.93. The van der Waals surface area contributed by atoms with Gasteiger partial charge in [-0.3, -0.25) is 0 Å². The number of fused-ring (bicyclic) bond motifs is 1. The summed E-state index contributed by atoms with van der Waals surface area (Å²) in [4.78, 5) is 14.2. The lowest BCUT2D eigenvalue weighted by Crippen LogP contribution is -2.29. The number of benzene rings is 3. The summed E-state index contributed by atoms with van der Waals surface area (Å²) in [6, 6.07) is 21.3. The fourth-order valence-corrected chi connectivity index (χ4v) is 6.34. The number of alkyl halides is 2. The molecule has 0 atom stereocenters. The Labute approximate surface area is 288 Å². The van der Waals surface area contributed by atoms with Crippen LogP contribution < -0.4 is 15.5 Å². The summed E-state index contributed by atoms with van der Waals surface area (Å²) >= 11 is 11.8. The van der Waals surface area contributed by atoms with Crippen molar-refractivity contribution in [1.82, 2.24) is 15.2 Å². The molecular formula is C37H48Cl2N4O4. The average Bonchev–Trinajstić information content (AvgIpc) is 3.34. The molecule has 10 heteroatoms. The second-order valence-corrected chi connectivity index (χ2v) is 12.5. The Kier molecular flexibility index (Phi) is 14.9. The predicted octanol–water partition coefficient (Wildman–Crippen LogP) is 7.82. The number of nitrogens with one attached hydrogen (secondary N) is 2. The first kappa shape index (κ1) is 36.2. The van der Waals surface area contributed by atoms with Crippen molar-refractivity contribution >= 4 is 45.9 Å². The van der Waals surface area contributed by atoms with Crippen LogP contribution in [0.25, 0.3) is 22.2 Å². The number of carbonyl (C=O) groups is 1. The number of hydrogen-bond acceptors (Lipinski definition) is 6. The van der Waals surface area contributed by atoms with Gasteiger partial charge in [-0.2, -0.15) is 0 Å². The van der Waals surface area contributed by atoms with Crippen LogP contribution in [0.5, 0.6) is 11.5 Å². The normalized spacial score (nSPS) is 11.2. The molecule has 0 saturated carbocycles. The molecule has 4 aromatic rings. The largest absolute Gasteiger partial charge is 0.508 e. The Morgan fingerprint density at radius 3 is 2.26 bits per heavy atom. The van der Waals surface area contributed by atoms with Crippen molar-refractivity contribution in [2.75, 3.05) is 56.0 Å². The Bertz CT molecular complexity index is 1520. The van der Waals surface area contributed by atoms with Gasteiger partial charge in [-0.05, 0) is 110 Å². The molecule has 0 aliphatic rings. The Balaban J connectivity index is 1.06. The van der Waals surface area contributed by atoms with E-state index in [1.807, 2.05) is 24.3 Å². The molecule has 3 aromatic carbocycles. The highest BCUT2D eigenvalue weighted by Crippen LogP contribution is 2.36. The highest BCUT2D eigenvalue weighted by Gasteiger charge is 2.16. The van der Waals surface area contributed by atoms with E-state index in [2.05, 4.69) is 51.3 Å². The van der Waals surface area contributed by atoms with E-state index < -0.39 is 0 Å². The van der Waals surface area contributed by atoms with E-state index in [-0.39, 0.29) is 17.6 Å². The number of phenolic OH excluding ortho intramolecular Hbond substituents is 2. The first-order valence-electron chi connectivity index (χ1n) is 16.6. The first-order chi connectivity index (χ1) is 22.9. The number of phenols is 2. The standard InChI is InChI=1S/C37H48Cl2N4O4/c1-28-34-27-33(45)16-17-35(34)43(36(28)30-10-14-32(44)15-11-30)23-5-3-2-4-20-40-22-26-47-37(46)41-21-6-7-29-8-12-31(13-9-29)42(24-18-38)25-19-39/h8-17,27,40,44-45H,2-7,18-26H2,1H3,(H,41,46). The Hall–Kier alpha value is -3.59. The lowest BCUT2D eigenvalue weighted by molar-refractivity contribution is 0.146. The monoisotopic (exact) mass is 682 g/mol. The zero-order valence-electron chi connectivity index (χ0n) is 27.3. The van der Waals surface area contributed by atoms with E-state index >= 15 is 0 Å². The smallest absolute Gasteiger partial charge is 0.407 e. The number of rotatable bonds is 20. The molecule has 8 nitrogen and oxygen atoms in total. The minimum atomic E-state index is -0.380. The molecule has 4 rings (SSSR count). The zero-order valence-corrected chi connectivity index (χ0v) is 28.8. The van der Waals surface area contributed by atoms with Gasteiger partial charge in [0.2, 0.25) is 0 Å². The van der Waals surface area contributed by atoms with Crippen molar-refractivity contribution in [3.8, 4) is 22.8 Å². The molecule has 1 amide bonds. The van der Waals surface area contributed by atoms with Gasteiger partial charge in [0.05, 0.1) is 5.69 Å². The average molecular weight is 684 g/mol. The molecule has 47 heavy (non-hydrogen) atoms. The van der Waals surface area contributed by atoms with Crippen LogP contribution in [0.15, 0.2) is 66.7 Å². The van der Waals surface area contributed by atoms with E-state index in [9.17, 15) is 15.0 Å². The van der Waals surface area contributed by atoms with Gasteiger partial charge in [-0.1, -0.05) is 25.0 Å². The van der Waals surface area contributed by atoms with Crippen LogP contribution in [-0.4, -0.2) is 72.0 Å². The number of nitrogens with zero attached hydrogens (tertiary/aromatic N) is 2. The van der Waals surface area contributed by atoms with Crippen molar-refractivity contribution in [1.29, 1.82) is 0 Å². The number of amides is 1. The van der Waals surface area contributed by atoms with Crippen LogP contribution in [0, 0.1) is 6.92 Å². The maximum absolute atomic E-state index is 12.0. The summed E-state index contributed by atoms with van der Waals surface area (Å²) < 4.78 is 7.63. The van der Waals surface area contributed by atoms with Crippen LogP contribution in [0.2, 0.25) is 0 Å². The summed E-state index contributed by atoms with van der Waals surface area (Å²) in [5.41, 5.74) is 6.73. The van der Waals surface area contributed by atoms with E-state index in [0.29, 0.717) is 31.5 Å². The Morgan fingerprint density at radius 2 is 1.53 bits per heavy atom. The van der Waals surface area contributed by atoms with Crippen LogP contribution in [0.1, 0.15) is 43.2 Å². The fraction of sp³-hybridized carbons (Fsp3) is 0.432. The van der Waals surface area contributed by atoms with Gasteiger partial charge in [0.1, 0.15) is 18.1 Å². The number of hydrogen-bond donors (Lipinski definition) is 4. The lowest BCUT2D eigenvalue weighted by atomic mass is 10.1. The van der Waals surface area contributed by atoms with Gasteiger partial charge in [-0.25, -0.2) is 4.79 Å². The highest BCUT2D eigenvalue weighted by atomic mass is 35.5. The number of aromatic nitrogens is 1. The molecule has 0 spiro atoms. The molecule has 0 aliphatic carbocycles. The van der Waals surface area contributed by atoms with Crippen molar-refractivity contribution in [3.05, 3.63) is 77.9 Å². The number of halogens is 2. The van der Waals surface area contributed by atoms with E-state index in [0.717, 1.165) is 98.1 Å². The number of anilines is 1. The second kappa shape index (κ2) is 19.3. The van der Waals surface area contributed by atoms with Crippen LogP contribution >= 0.6 is 23.2 Å². The third-order valence-corrected chi connectivity index (χ3v) is 8.70. The number of aromatic hydroxyl groups is 2. The molecule has 0 fully saturated rings. The SMILES string of the molecule is Cc1c(-c2ccc(O)cc2)n(CCCCCCNCCOC(=O)NCCCc2ccc(N(CCCl)CCCl)cc2)c2ccc(O)cc12. The van der Waals surface area contributed by atoms with Crippen molar-refractivity contribution in [2.45, 2.75) is 52.0 Å². The van der Waals surface area contributed by atoms with Crippen LogP contribution in [-0.2, 0) is 17.7 Å². The molecule has 4 N–H and O–H groups in total. The van der Waals surface area contributed by atoms with E-state index in [1.54, 1.807) is 18.2 Å². The Morgan fingerprint density at radius 1 is 0.830 bits per heavy atom. The minimum Gasteiger partial charge on any atom is -0.508 e. The number of unbranched alkanes of at least 4 members (excludes halogenated alkanes) is 3. The molecule has 1 aromatic heterocycles. The number of ether oxygens (including phenoxy) is 1. The molecule has 0 bridgehead atoms.